The molecular formula is C11H17BN2O4. The lowest BCUT2D eigenvalue weighted by Gasteiger charge is -2.32. The van der Waals surface area contributed by atoms with Crippen molar-refractivity contribution in [3.05, 3.63) is 12.3 Å². The maximum absolute atomic E-state index is 10.6. The van der Waals surface area contributed by atoms with Gasteiger partial charge in [-0.25, -0.2) is 0 Å². The van der Waals surface area contributed by atoms with E-state index in [1.165, 1.54) is 4.68 Å². The molecular weight excluding hydrogens is 235 g/mol. The van der Waals surface area contributed by atoms with Gasteiger partial charge in [-0.05, 0) is 33.8 Å². The van der Waals surface area contributed by atoms with Crippen molar-refractivity contribution >= 4 is 18.7 Å². The molecule has 0 spiro atoms. The van der Waals surface area contributed by atoms with Crippen LogP contribution < -0.4 is 5.59 Å². The molecule has 1 aliphatic rings. The standard InChI is InChI=1S/C11H17BN2O4/c1-10(2)11(3,4)18-12(17-10)8-5-6-14(13-8)7-9(15)16/h5-6H,7H2,1-4H3,(H,15,16). The van der Waals surface area contributed by atoms with E-state index in [9.17, 15) is 4.79 Å². The van der Waals surface area contributed by atoms with Gasteiger partial charge >= 0.3 is 13.1 Å². The summed E-state index contributed by atoms with van der Waals surface area (Å²) in [6.45, 7) is 7.67. The van der Waals surface area contributed by atoms with Crippen LogP contribution in [0.4, 0.5) is 0 Å². The van der Waals surface area contributed by atoms with Crippen molar-refractivity contribution in [2.75, 3.05) is 0 Å². The summed E-state index contributed by atoms with van der Waals surface area (Å²) >= 11 is 0. The topological polar surface area (TPSA) is 73.6 Å². The van der Waals surface area contributed by atoms with Crippen molar-refractivity contribution in [1.29, 1.82) is 0 Å². The van der Waals surface area contributed by atoms with Gasteiger partial charge in [0.05, 0.1) is 16.8 Å². The van der Waals surface area contributed by atoms with Crippen molar-refractivity contribution in [2.45, 2.75) is 45.4 Å². The van der Waals surface area contributed by atoms with Crippen LogP contribution in [-0.4, -0.2) is 39.2 Å². The van der Waals surface area contributed by atoms with Crippen LogP contribution >= 0.6 is 0 Å². The fourth-order valence-corrected chi connectivity index (χ4v) is 1.69. The van der Waals surface area contributed by atoms with Crippen molar-refractivity contribution in [1.82, 2.24) is 9.78 Å². The van der Waals surface area contributed by atoms with Crippen LogP contribution in [0, 0.1) is 0 Å². The minimum absolute atomic E-state index is 0.167. The maximum Gasteiger partial charge on any atom is 0.516 e. The quantitative estimate of drug-likeness (QED) is 0.781. The predicted molar refractivity (Wildman–Crippen MR) is 65.6 cm³/mol. The molecule has 2 heterocycles. The molecule has 0 bridgehead atoms. The Morgan fingerprint density at radius 3 is 2.44 bits per heavy atom. The second-order valence-corrected chi connectivity index (χ2v) is 5.42. The third-order valence-electron chi connectivity index (χ3n) is 3.45. The Morgan fingerprint density at radius 1 is 1.39 bits per heavy atom. The van der Waals surface area contributed by atoms with Crippen LogP contribution in [0.1, 0.15) is 27.7 Å². The van der Waals surface area contributed by atoms with Crippen LogP contribution in [0.25, 0.3) is 0 Å². The van der Waals surface area contributed by atoms with E-state index in [0.29, 0.717) is 5.59 Å². The van der Waals surface area contributed by atoms with E-state index < -0.39 is 24.3 Å². The zero-order chi connectivity index (χ0) is 13.6. The SMILES string of the molecule is CC1(C)OB(c2ccn(CC(=O)O)n2)OC1(C)C. The highest BCUT2D eigenvalue weighted by atomic mass is 16.7. The van der Waals surface area contributed by atoms with Crippen molar-refractivity contribution in [3.63, 3.8) is 0 Å². The number of rotatable bonds is 3. The maximum atomic E-state index is 10.6. The van der Waals surface area contributed by atoms with Gasteiger partial charge in [0.15, 0.2) is 0 Å². The van der Waals surface area contributed by atoms with Crippen molar-refractivity contribution in [3.8, 4) is 0 Å². The first-order chi connectivity index (χ1) is 8.21. The lowest BCUT2D eigenvalue weighted by atomic mass is 9.85. The second-order valence-electron chi connectivity index (χ2n) is 5.42. The van der Waals surface area contributed by atoms with E-state index in [0.717, 1.165) is 0 Å². The Balaban J connectivity index is 2.15. The number of nitrogens with zero attached hydrogens (tertiary/aromatic N) is 2. The molecule has 98 valence electrons. The van der Waals surface area contributed by atoms with Gasteiger partial charge in [-0.1, -0.05) is 0 Å². The zero-order valence-corrected chi connectivity index (χ0v) is 11.0. The summed E-state index contributed by atoms with van der Waals surface area (Å²) in [5.74, 6) is -0.932. The molecule has 0 atom stereocenters. The number of hydrogen-bond donors (Lipinski definition) is 1. The van der Waals surface area contributed by atoms with E-state index in [1.54, 1.807) is 12.3 Å². The molecule has 0 saturated carbocycles. The third-order valence-corrected chi connectivity index (χ3v) is 3.45. The van der Waals surface area contributed by atoms with E-state index >= 15 is 0 Å². The number of carbonyl (C=O) groups is 1. The predicted octanol–water partition coefficient (Wildman–Crippen LogP) is 0.267. The first kappa shape index (κ1) is 13.1. The smallest absolute Gasteiger partial charge is 0.480 e. The minimum atomic E-state index is -0.932. The fourth-order valence-electron chi connectivity index (χ4n) is 1.69. The van der Waals surface area contributed by atoms with Gasteiger partial charge in [0.1, 0.15) is 6.54 Å². The van der Waals surface area contributed by atoms with E-state index in [-0.39, 0.29) is 6.54 Å². The van der Waals surface area contributed by atoms with Gasteiger partial charge in [-0.15, -0.1) is 0 Å². The first-order valence-electron chi connectivity index (χ1n) is 5.82. The summed E-state index contributed by atoms with van der Waals surface area (Å²) in [4.78, 5) is 10.6. The lowest BCUT2D eigenvalue weighted by molar-refractivity contribution is -0.137. The summed E-state index contributed by atoms with van der Waals surface area (Å²) in [6.07, 6.45) is 1.61. The van der Waals surface area contributed by atoms with Crippen LogP contribution in [0.2, 0.25) is 0 Å². The Hall–Kier alpha value is -1.34. The molecule has 1 aromatic rings. The molecule has 0 unspecified atom stereocenters. The normalized spacial score (nSPS) is 21.2. The molecule has 1 aliphatic heterocycles. The molecule has 18 heavy (non-hydrogen) atoms. The van der Waals surface area contributed by atoms with Gasteiger partial charge in [-0.2, -0.15) is 5.10 Å². The van der Waals surface area contributed by atoms with Crippen LogP contribution in [-0.2, 0) is 20.6 Å². The van der Waals surface area contributed by atoms with Gasteiger partial charge in [0, 0.05) is 6.20 Å². The average molecular weight is 252 g/mol. The summed E-state index contributed by atoms with van der Waals surface area (Å²) in [7, 11) is -0.551. The molecule has 1 saturated heterocycles. The third kappa shape index (κ3) is 2.28. The van der Waals surface area contributed by atoms with Crippen molar-refractivity contribution < 1.29 is 19.2 Å². The summed E-state index contributed by atoms with van der Waals surface area (Å²) < 4.78 is 13.0. The molecule has 2 rings (SSSR count). The van der Waals surface area contributed by atoms with Crippen LogP contribution in [0.5, 0.6) is 0 Å². The fraction of sp³-hybridized carbons (Fsp3) is 0.636. The molecule has 7 heteroatoms. The number of aromatic nitrogens is 2. The highest BCUT2D eigenvalue weighted by Gasteiger charge is 2.52. The van der Waals surface area contributed by atoms with Crippen molar-refractivity contribution in [2.24, 2.45) is 0 Å². The highest BCUT2D eigenvalue weighted by molar-refractivity contribution is 6.61. The van der Waals surface area contributed by atoms with E-state index in [1.807, 2.05) is 27.7 Å². The summed E-state index contributed by atoms with van der Waals surface area (Å²) in [6, 6.07) is 1.71. The zero-order valence-electron chi connectivity index (χ0n) is 11.0. The van der Waals surface area contributed by atoms with E-state index in [2.05, 4.69) is 5.10 Å². The Labute approximate surface area is 106 Å². The first-order valence-corrected chi connectivity index (χ1v) is 5.82. The van der Waals surface area contributed by atoms with Gasteiger partial charge in [-0.3, -0.25) is 9.48 Å². The molecule has 1 aromatic heterocycles. The average Bonchev–Trinajstić information content (AvgIpc) is 2.70. The monoisotopic (exact) mass is 252 g/mol. The lowest BCUT2D eigenvalue weighted by Crippen LogP contribution is -2.41. The molecule has 6 nitrogen and oxygen atoms in total. The molecule has 1 N–H and O–H groups in total. The van der Waals surface area contributed by atoms with Crippen LogP contribution in [0.3, 0.4) is 0 Å². The summed E-state index contributed by atoms with van der Waals surface area (Å²) in [5, 5.41) is 12.8. The number of aliphatic carboxylic acids is 1. The van der Waals surface area contributed by atoms with Gasteiger partial charge < -0.3 is 14.4 Å². The molecule has 0 aliphatic carbocycles. The molecule has 0 aromatic carbocycles. The number of carboxylic acids is 1. The number of hydrogen-bond acceptors (Lipinski definition) is 4. The Kier molecular flexibility index (Phi) is 2.99. The van der Waals surface area contributed by atoms with Crippen LogP contribution in [0.15, 0.2) is 12.3 Å². The van der Waals surface area contributed by atoms with Gasteiger partial charge in [0.25, 0.3) is 0 Å². The second kappa shape index (κ2) is 4.10. The van der Waals surface area contributed by atoms with E-state index in [4.69, 9.17) is 14.4 Å². The molecule has 0 radical (unpaired) electrons. The minimum Gasteiger partial charge on any atom is -0.480 e. The van der Waals surface area contributed by atoms with Gasteiger partial charge in [0.2, 0.25) is 0 Å². The molecule has 1 fully saturated rings. The Morgan fingerprint density at radius 2 is 1.94 bits per heavy atom. The highest BCUT2D eigenvalue weighted by Crippen LogP contribution is 2.36. The Bertz CT molecular complexity index is 453. The number of carboxylic acid groups (broad SMARTS) is 1. The molecule has 0 amide bonds. The largest absolute Gasteiger partial charge is 0.516 e. The summed E-state index contributed by atoms with van der Waals surface area (Å²) in [5.41, 5.74) is -0.252.